The number of ether oxygens (including phenoxy) is 1. The van der Waals surface area contributed by atoms with Crippen LogP contribution in [0, 0.1) is 0 Å². The van der Waals surface area contributed by atoms with Crippen LogP contribution >= 0.6 is 24.0 Å². The Balaban J connectivity index is 1.73. The van der Waals surface area contributed by atoms with Crippen molar-refractivity contribution >= 4 is 40.3 Å². The minimum absolute atomic E-state index is 0.0254. The second-order valence-electron chi connectivity index (χ2n) is 7.71. The number of thiocarbonyl (C=S) groups is 1. The average Bonchev–Trinajstić information content (AvgIpc) is 3.36. The van der Waals surface area contributed by atoms with E-state index in [1.807, 2.05) is 78.5 Å². The second kappa shape index (κ2) is 10.8. The summed E-state index contributed by atoms with van der Waals surface area (Å²) >= 11 is 6.87. The van der Waals surface area contributed by atoms with Crippen LogP contribution in [0.2, 0.25) is 0 Å². The summed E-state index contributed by atoms with van der Waals surface area (Å²) in [5.74, 6) is 0.764. The van der Waals surface area contributed by atoms with Crippen LogP contribution in [0.15, 0.2) is 65.7 Å². The highest BCUT2D eigenvalue weighted by Gasteiger charge is 2.32. The maximum absolute atomic E-state index is 13.1. The molecular weight excluding hydrogens is 450 g/mol. The molecule has 1 saturated heterocycles. The predicted octanol–water partition coefficient (Wildman–Crippen LogP) is 6.33. The third-order valence-corrected chi connectivity index (χ3v) is 6.70. The normalized spacial score (nSPS) is 15.0. The van der Waals surface area contributed by atoms with E-state index in [0.29, 0.717) is 22.4 Å². The molecule has 3 aromatic rings. The summed E-state index contributed by atoms with van der Waals surface area (Å²) in [6.45, 7) is 5.37. The smallest absolute Gasteiger partial charge is 0.266 e. The first-order chi connectivity index (χ1) is 16.1. The molecule has 0 unspecified atom stereocenters. The Kier molecular flexibility index (Phi) is 7.62. The molecule has 5 nitrogen and oxygen atoms in total. The van der Waals surface area contributed by atoms with Crippen molar-refractivity contribution in [3.05, 3.63) is 71.3 Å². The molecule has 1 aliphatic heterocycles. The number of carbonyl (C=O) groups excluding carboxylic acids is 1. The van der Waals surface area contributed by atoms with Gasteiger partial charge in [-0.3, -0.25) is 9.69 Å². The van der Waals surface area contributed by atoms with Gasteiger partial charge in [0.1, 0.15) is 15.8 Å². The summed E-state index contributed by atoms with van der Waals surface area (Å²) in [7, 11) is 0. The zero-order chi connectivity index (χ0) is 23.2. The molecule has 0 N–H and O–H groups in total. The molecule has 1 aliphatic rings. The fourth-order valence-electron chi connectivity index (χ4n) is 3.68. The van der Waals surface area contributed by atoms with E-state index in [-0.39, 0.29) is 5.91 Å². The molecule has 0 aliphatic carbocycles. The molecule has 1 amide bonds. The first-order valence-electron chi connectivity index (χ1n) is 11.2. The molecule has 0 saturated carbocycles. The summed E-state index contributed by atoms with van der Waals surface area (Å²) in [6, 6.07) is 17.8. The highest BCUT2D eigenvalue weighted by molar-refractivity contribution is 8.26. The molecule has 7 heteroatoms. The third kappa shape index (κ3) is 5.37. The largest absolute Gasteiger partial charge is 0.494 e. The Morgan fingerprint density at radius 2 is 1.91 bits per heavy atom. The first kappa shape index (κ1) is 23.3. The first-order valence-corrected chi connectivity index (χ1v) is 12.5. The monoisotopic (exact) mass is 477 g/mol. The SMILES string of the molecule is CCCCCN1C(=O)/C(=C/c2cn(-c3ccccc3)nc2-c2cccc(OCC)c2)SC1=S. The van der Waals surface area contributed by atoms with Crippen LogP contribution in [0.5, 0.6) is 5.75 Å². The average molecular weight is 478 g/mol. The van der Waals surface area contributed by atoms with Crippen molar-refractivity contribution in [1.29, 1.82) is 0 Å². The second-order valence-corrected chi connectivity index (χ2v) is 9.39. The molecule has 0 atom stereocenters. The van der Waals surface area contributed by atoms with Gasteiger partial charge in [0.15, 0.2) is 0 Å². The van der Waals surface area contributed by atoms with Crippen molar-refractivity contribution in [2.24, 2.45) is 0 Å². The number of hydrogen-bond donors (Lipinski definition) is 0. The molecule has 0 radical (unpaired) electrons. The number of thioether (sulfide) groups is 1. The predicted molar refractivity (Wildman–Crippen MR) is 140 cm³/mol. The lowest BCUT2D eigenvalue weighted by Gasteiger charge is -2.13. The number of benzene rings is 2. The number of aromatic nitrogens is 2. The maximum Gasteiger partial charge on any atom is 0.266 e. The summed E-state index contributed by atoms with van der Waals surface area (Å²) in [4.78, 5) is 15.4. The van der Waals surface area contributed by atoms with Crippen LogP contribution in [-0.2, 0) is 4.79 Å². The topological polar surface area (TPSA) is 47.4 Å². The number of unbranched alkanes of at least 4 members (excludes halogenated alkanes) is 2. The molecule has 33 heavy (non-hydrogen) atoms. The third-order valence-electron chi connectivity index (χ3n) is 5.33. The van der Waals surface area contributed by atoms with Gasteiger partial charge in [-0.05, 0) is 43.7 Å². The molecule has 4 rings (SSSR count). The summed E-state index contributed by atoms with van der Waals surface area (Å²) in [5, 5.41) is 4.87. The number of hydrogen-bond acceptors (Lipinski definition) is 5. The fraction of sp³-hybridized carbons (Fsp3) is 0.269. The van der Waals surface area contributed by atoms with E-state index in [4.69, 9.17) is 22.1 Å². The van der Waals surface area contributed by atoms with Crippen LogP contribution in [0.1, 0.15) is 38.7 Å². The lowest BCUT2D eigenvalue weighted by Crippen LogP contribution is -2.28. The standard InChI is InChI=1S/C26H27N3O2S2/c1-3-5-9-15-28-25(30)23(33-26(28)32)17-20-18-29(21-12-7-6-8-13-21)27-24(20)19-11-10-14-22(16-19)31-4-2/h6-8,10-14,16-18H,3-5,9,15H2,1-2H3/b23-17-. The molecule has 170 valence electrons. The molecule has 0 spiro atoms. The Bertz CT molecular complexity index is 1170. The van der Waals surface area contributed by atoms with E-state index >= 15 is 0 Å². The van der Waals surface area contributed by atoms with Crippen LogP contribution in [0.4, 0.5) is 0 Å². The van der Waals surface area contributed by atoms with Crippen molar-refractivity contribution in [1.82, 2.24) is 14.7 Å². The van der Waals surface area contributed by atoms with Crippen LogP contribution in [0.3, 0.4) is 0 Å². The van der Waals surface area contributed by atoms with E-state index in [0.717, 1.165) is 47.5 Å². The molecule has 2 aromatic carbocycles. The van der Waals surface area contributed by atoms with Crippen molar-refractivity contribution < 1.29 is 9.53 Å². The van der Waals surface area contributed by atoms with Gasteiger partial charge in [-0.25, -0.2) is 4.68 Å². The summed E-state index contributed by atoms with van der Waals surface area (Å²) in [6.07, 6.45) is 7.02. The lowest BCUT2D eigenvalue weighted by molar-refractivity contribution is -0.122. The molecule has 1 fully saturated rings. The van der Waals surface area contributed by atoms with Crippen LogP contribution < -0.4 is 4.74 Å². The number of carbonyl (C=O) groups is 1. The highest BCUT2D eigenvalue weighted by atomic mass is 32.2. The van der Waals surface area contributed by atoms with Crippen molar-refractivity contribution in [2.75, 3.05) is 13.2 Å². The molecular formula is C26H27N3O2S2. The van der Waals surface area contributed by atoms with Gasteiger partial charge in [0.05, 0.1) is 17.2 Å². The summed E-state index contributed by atoms with van der Waals surface area (Å²) in [5.41, 5.74) is 3.53. The van der Waals surface area contributed by atoms with E-state index in [1.165, 1.54) is 11.8 Å². The van der Waals surface area contributed by atoms with Gasteiger partial charge in [-0.15, -0.1) is 0 Å². The molecule has 2 heterocycles. The Hall–Kier alpha value is -2.90. The van der Waals surface area contributed by atoms with Gasteiger partial charge in [0.2, 0.25) is 0 Å². The number of rotatable bonds is 9. The van der Waals surface area contributed by atoms with Gasteiger partial charge in [0.25, 0.3) is 5.91 Å². The number of amides is 1. The Morgan fingerprint density at radius 3 is 2.67 bits per heavy atom. The van der Waals surface area contributed by atoms with Gasteiger partial charge < -0.3 is 4.74 Å². The van der Waals surface area contributed by atoms with Crippen LogP contribution in [0.25, 0.3) is 23.0 Å². The molecule has 0 bridgehead atoms. The van der Waals surface area contributed by atoms with Crippen LogP contribution in [-0.4, -0.2) is 38.1 Å². The Labute approximate surface area is 204 Å². The van der Waals surface area contributed by atoms with Crippen molar-refractivity contribution in [2.45, 2.75) is 33.1 Å². The van der Waals surface area contributed by atoms with Crippen molar-refractivity contribution in [3.8, 4) is 22.7 Å². The Morgan fingerprint density at radius 1 is 1.09 bits per heavy atom. The minimum atomic E-state index is -0.0254. The van der Waals surface area contributed by atoms with E-state index in [2.05, 4.69) is 6.92 Å². The van der Waals surface area contributed by atoms with Crippen molar-refractivity contribution in [3.63, 3.8) is 0 Å². The number of nitrogens with zero attached hydrogens (tertiary/aromatic N) is 3. The van der Waals surface area contributed by atoms with E-state index < -0.39 is 0 Å². The van der Waals surface area contributed by atoms with Gasteiger partial charge >= 0.3 is 0 Å². The lowest BCUT2D eigenvalue weighted by atomic mass is 10.1. The zero-order valence-electron chi connectivity index (χ0n) is 18.9. The summed E-state index contributed by atoms with van der Waals surface area (Å²) < 4.78 is 8.16. The molecule has 1 aromatic heterocycles. The highest BCUT2D eigenvalue weighted by Crippen LogP contribution is 2.35. The quantitative estimate of drug-likeness (QED) is 0.205. The van der Waals surface area contributed by atoms with Gasteiger partial charge in [0, 0.05) is 23.9 Å². The minimum Gasteiger partial charge on any atom is -0.494 e. The van der Waals surface area contributed by atoms with Gasteiger partial charge in [-0.2, -0.15) is 5.10 Å². The van der Waals surface area contributed by atoms with E-state index in [1.54, 1.807) is 4.90 Å². The number of para-hydroxylation sites is 1. The zero-order valence-corrected chi connectivity index (χ0v) is 20.5. The van der Waals surface area contributed by atoms with Gasteiger partial charge in [-0.1, -0.05) is 74.1 Å². The fourth-order valence-corrected chi connectivity index (χ4v) is 4.98. The maximum atomic E-state index is 13.1. The van der Waals surface area contributed by atoms with E-state index in [9.17, 15) is 4.79 Å².